The first-order chi connectivity index (χ1) is 7.66. The van der Waals surface area contributed by atoms with E-state index in [1.165, 1.54) is 16.8 Å². The second kappa shape index (κ2) is 4.31. The predicted molar refractivity (Wildman–Crippen MR) is 66.4 cm³/mol. The fraction of sp³-hybridized carbons (Fsp3) is 0.231. The minimum Gasteiger partial charge on any atom is -0.472 e. The third kappa shape index (κ3) is 2.19. The molecular weight excluding hydrogens is 200 g/mol. The van der Waals surface area contributed by atoms with Gasteiger partial charge in [0.05, 0.1) is 12.5 Å². The summed E-state index contributed by atoms with van der Waals surface area (Å²) < 4.78 is 5.05. The molecule has 0 bridgehead atoms. The molecule has 0 atom stereocenters. The van der Waals surface area contributed by atoms with Gasteiger partial charge in [-0.2, -0.15) is 0 Å². The summed E-state index contributed by atoms with van der Waals surface area (Å²) in [6.45, 7) is 2.90. The van der Waals surface area contributed by atoms with Crippen LogP contribution in [0.2, 0.25) is 0 Å². The molecule has 1 heterocycles. The number of benzene rings is 1. The summed E-state index contributed by atoms with van der Waals surface area (Å²) in [6.07, 6.45) is 3.46. The van der Waals surface area contributed by atoms with Gasteiger partial charge >= 0.3 is 0 Å². The van der Waals surface area contributed by atoms with Gasteiger partial charge in [0, 0.05) is 30.5 Å². The van der Waals surface area contributed by atoms with Gasteiger partial charge in [0.1, 0.15) is 0 Å². The van der Waals surface area contributed by atoms with Crippen LogP contribution >= 0.6 is 0 Å². The van der Waals surface area contributed by atoms with Gasteiger partial charge < -0.3 is 15.1 Å². The van der Waals surface area contributed by atoms with Crippen molar-refractivity contribution in [3.63, 3.8) is 0 Å². The lowest BCUT2D eigenvalue weighted by molar-refractivity contribution is 0.563. The van der Waals surface area contributed by atoms with E-state index in [0.29, 0.717) is 0 Å². The van der Waals surface area contributed by atoms with Crippen LogP contribution in [0.25, 0.3) is 0 Å². The van der Waals surface area contributed by atoms with Crippen molar-refractivity contribution in [2.45, 2.75) is 13.5 Å². The van der Waals surface area contributed by atoms with E-state index in [1.54, 1.807) is 12.5 Å². The summed E-state index contributed by atoms with van der Waals surface area (Å²) in [5, 5.41) is 0. The molecule has 0 amide bonds. The van der Waals surface area contributed by atoms with Crippen molar-refractivity contribution in [2.24, 2.45) is 0 Å². The van der Waals surface area contributed by atoms with Crippen molar-refractivity contribution in [3.8, 4) is 0 Å². The largest absolute Gasteiger partial charge is 0.472 e. The van der Waals surface area contributed by atoms with Crippen LogP contribution in [0.1, 0.15) is 11.1 Å². The van der Waals surface area contributed by atoms with Crippen LogP contribution in [0.5, 0.6) is 0 Å². The minimum absolute atomic E-state index is 0.804. The van der Waals surface area contributed by atoms with Crippen molar-refractivity contribution >= 4 is 11.4 Å². The quantitative estimate of drug-likeness (QED) is 0.802. The topological polar surface area (TPSA) is 42.4 Å². The van der Waals surface area contributed by atoms with Crippen LogP contribution in [-0.4, -0.2) is 7.05 Å². The van der Waals surface area contributed by atoms with E-state index in [1.807, 2.05) is 24.3 Å². The summed E-state index contributed by atoms with van der Waals surface area (Å²) in [5.74, 6) is 0. The monoisotopic (exact) mass is 216 g/mol. The molecule has 0 aliphatic rings. The van der Waals surface area contributed by atoms with Gasteiger partial charge in [0.2, 0.25) is 0 Å². The summed E-state index contributed by atoms with van der Waals surface area (Å²) in [7, 11) is 2.06. The van der Waals surface area contributed by atoms with Gasteiger partial charge in [-0.05, 0) is 36.8 Å². The first-order valence-electron chi connectivity index (χ1n) is 5.25. The number of anilines is 2. The molecule has 0 fully saturated rings. The molecule has 0 spiro atoms. The summed E-state index contributed by atoms with van der Waals surface area (Å²) in [6, 6.07) is 7.93. The Hall–Kier alpha value is -1.90. The first kappa shape index (κ1) is 10.6. The van der Waals surface area contributed by atoms with Gasteiger partial charge in [0.25, 0.3) is 0 Å². The molecule has 1 aromatic carbocycles. The van der Waals surface area contributed by atoms with E-state index in [2.05, 4.69) is 18.9 Å². The molecular formula is C13H16N2O. The van der Waals surface area contributed by atoms with E-state index in [0.717, 1.165) is 12.2 Å². The van der Waals surface area contributed by atoms with Crippen molar-refractivity contribution in [1.29, 1.82) is 0 Å². The highest BCUT2D eigenvalue weighted by Gasteiger charge is 2.06. The third-order valence-corrected chi connectivity index (χ3v) is 2.63. The molecule has 3 heteroatoms. The number of aryl methyl sites for hydroxylation is 1. The number of nitrogen functional groups attached to an aromatic ring is 1. The van der Waals surface area contributed by atoms with Gasteiger partial charge in [-0.15, -0.1) is 0 Å². The first-order valence-corrected chi connectivity index (χ1v) is 5.25. The molecule has 2 rings (SSSR count). The van der Waals surface area contributed by atoms with Gasteiger partial charge in [-0.3, -0.25) is 0 Å². The summed E-state index contributed by atoms with van der Waals surface area (Å²) >= 11 is 0. The van der Waals surface area contributed by atoms with E-state index >= 15 is 0 Å². The fourth-order valence-corrected chi connectivity index (χ4v) is 1.85. The molecule has 2 N–H and O–H groups in total. The Kier molecular flexibility index (Phi) is 2.86. The highest BCUT2D eigenvalue weighted by molar-refractivity contribution is 5.58. The zero-order valence-corrected chi connectivity index (χ0v) is 9.60. The lowest BCUT2D eigenvalue weighted by Crippen LogP contribution is -2.17. The van der Waals surface area contributed by atoms with Crippen LogP contribution in [0.3, 0.4) is 0 Å². The van der Waals surface area contributed by atoms with Crippen molar-refractivity contribution in [1.82, 2.24) is 0 Å². The maximum Gasteiger partial charge on any atom is 0.0952 e. The number of furan rings is 1. The lowest BCUT2D eigenvalue weighted by atomic mass is 10.1. The Labute approximate surface area is 95.5 Å². The zero-order valence-electron chi connectivity index (χ0n) is 9.60. The van der Waals surface area contributed by atoms with Crippen LogP contribution in [0.4, 0.5) is 11.4 Å². The fourth-order valence-electron chi connectivity index (χ4n) is 1.85. The summed E-state index contributed by atoms with van der Waals surface area (Å²) in [5.41, 5.74) is 10.1. The highest BCUT2D eigenvalue weighted by atomic mass is 16.3. The smallest absolute Gasteiger partial charge is 0.0952 e. The molecule has 3 nitrogen and oxygen atoms in total. The van der Waals surface area contributed by atoms with E-state index in [4.69, 9.17) is 10.2 Å². The second-order valence-electron chi connectivity index (χ2n) is 4.03. The molecule has 0 radical (unpaired) electrons. The molecule has 0 aliphatic heterocycles. The molecule has 2 aromatic rings. The van der Waals surface area contributed by atoms with Crippen molar-refractivity contribution < 1.29 is 4.42 Å². The second-order valence-corrected chi connectivity index (χ2v) is 4.03. The molecule has 1 aromatic heterocycles. The average molecular weight is 216 g/mol. The number of nitrogens with two attached hydrogens (primary N) is 1. The maximum absolute atomic E-state index is 5.73. The van der Waals surface area contributed by atoms with Crippen LogP contribution in [-0.2, 0) is 6.54 Å². The van der Waals surface area contributed by atoms with E-state index in [-0.39, 0.29) is 0 Å². The minimum atomic E-state index is 0.804. The number of rotatable bonds is 3. The molecule has 0 aliphatic carbocycles. The Morgan fingerprint density at radius 3 is 2.75 bits per heavy atom. The molecule has 0 saturated heterocycles. The van der Waals surface area contributed by atoms with Crippen molar-refractivity contribution in [2.75, 3.05) is 17.7 Å². The zero-order chi connectivity index (χ0) is 11.5. The molecule has 16 heavy (non-hydrogen) atoms. The van der Waals surface area contributed by atoms with Crippen molar-refractivity contribution in [3.05, 3.63) is 47.9 Å². The Morgan fingerprint density at radius 1 is 1.31 bits per heavy atom. The molecule has 0 unspecified atom stereocenters. The standard InChI is InChI=1S/C13H16N2O/c1-10-7-12(14)3-4-13(10)15(2)8-11-5-6-16-9-11/h3-7,9H,8,14H2,1-2H3. The molecule has 84 valence electrons. The average Bonchev–Trinajstić information content (AvgIpc) is 2.70. The maximum atomic E-state index is 5.73. The molecule has 0 saturated carbocycles. The van der Waals surface area contributed by atoms with Gasteiger partial charge in [0.15, 0.2) is 0 Å². The van der Waals surface area contributed by atoms with Gasteiger partial charge in [-0.25, -0.2) is 0 Å². The van der Waals surface area contributed by atoms with Gasteiger partial charge in [-0.1, -0.05) is 0 Å². The Bertz CT molecular complexity index is 463. The Morgan fingerprint density at radius 2 is 2.12 bits per heavy atom. The number of hydrogen-bond donors (Lipinski definition) is 1. The highest BCUT2D eigenvalue weighted by Crippen LogP contribution is 2.22. The number of nitrogens with zero attached hydrogens (tertiary/aromatic N) is 1. The predicted octanol–water partition coefficient (Wildman–Crippen LogP) is 2.81. The summed E-state index contributed by atoms with van der Waals surface area (Å²) in [4.78, 5) is 2.18. The van der Waals surface area contributed by atoms with E-state index < -0.39 is 0 Å². The Balaban J connectivity index is 2.17. The SMILES string of the molecule is Cc1cc(N)ccc1N(C)Cc1ccoc1. The third-order valence-electron chi connectivity index (χ3n) is 2.63. The van der Waals surface area contributed by atoms with Crippen LogP contribution in [0, 0.1) is 6.92 Å². The number of hydrogen-bond acceptors (Lipinski definition) is 3. The van der Waals surface area contributed by atoms with Crippen LogP contribution < -0.4 is 10.6 Å². The lowest BCUT2D eigenvalue weighted by Gasteiger charge is -2.20. The normalized spacial score (nSPS) is 10.4. The van der Waals surface area contributed by atoms with E-state index in [9.17, 15) is 0 Å². The van der Waals surface area contributed by atoms with Crippen LogP contribution in [0.15, 0.2) is 41.2 Å².